The van der Waals surface area contributed by atoms with Crippen LogP contribution in [0.3, 0.4) is 0 Å². The van der Waals surface area contributed by atoms with E-state index >= 15 is 0 Å². The highest BCUT2D eigenvalue weighted by molar-refractivity contribution is 5.89. The van der Waals surface area contributed by atoms with Crippen LogP contribution in [0.4, 0.5) is 0 Å². The number of rotatable bonds is 9. The molecule has 0 amide bonds. The Labute approximate surface area is 365 Å². The monoisotopic (exact) mass is 828 g/mol. The molecule has 0 saturated carbocycles. The molecule has 0 unspecified atom stereocenters. The van der Waals surface area contributed by atoms with E-state index in [0.717, 1.165) is 66.6 Å². The summed E-state index contributed by atoms with van der Waals surface area (Å²) in [5.41, 5.74) is 10.3. The zero-order valence-electron chi connectivity index (χ0n) is 33.8. The molecular formula is C52H32N10O2. The van der Waals surface area contributed by atoms with Gasteiger partial charge in [0, 0.05) is 49.3 Å². The molecular weight excluding hydrogens is 797 g/mol. The standard InChI is InChI=1S/C52H32N10O2/c1-3-15-47-45(13-1)59(33-61(47)49-17-5-9-35-11-7-21-57-51(35)49)37-25-41(31-53-29-37)63-39-19-23-55-43(27-39)44-28-40(20-24-56-44)64-42-26-38(30-54-32-42)60-34-62(48-16-4-2-14-46(48)60)50-18-6-10-36-12-8-22-58-52(36)50/h1-32H. The lowest BCUT2D eigenvalue weighted by Crippen LogP contribution is -2.29. The number of pyridine rings is 6. The minimum Gasteiger partial charge on any atom is -0.456 e. The van der Waals surface area contributed by atoms with Crippen LogP contribution in [0.25, 0.3) is 78.0 Å². The van der Waals surface area contributed by atoms with E-state index in [0.29, 0.717) is 34.4 Å². The highest BCUT2D eigenvalue weighted by Gasteiger charge is 2.18. The van der Waals surface area contributed by atoms with E-state index in [4.69, 9.17) is 19.4 Å². The number of benzene rings is 4. The average molecular weight is 829 g/mol. The molecule has 8 aromatic heterocycles. The first-order valence-corrected chi connectivity index (χ1v) is 20.5. The third-order valence-electron chi connectivity index (χ3n) is 10.9. The van der Waals surface area contributed by atoms with Gasteiger partial charge in [0.1, 0.15) is 23.0 Å². The molecule has 4 aromatic carbocycles. The minimum atomic E-state index is 0.545. The molecule has 0 radical (unpaired) electrons. The third-order valence-corrected chi connectivity index (χ3v) is 10.9. The van der Waals surface area contributed by atoms with Gasteiger partial charge in [-0.2, -0.15) is 0 Å². The Morgan fingerprint density at radius 1 is 0.406 bits per heavy atom. The van der Waals surface area contributed by atoms with E-state index in [1.807, 2.05) is 103 Å². The maximum atomic E-state index is 6.40. The van der Waals surface area contributed by atoms with Crippen molar-refractivity contribution in [2.75, 3.05) is 0 Å². The largest absolute Gasteiger partial charge is 0.456 e. The maximum Gasteiger partial charge on any atom is 0.269 e. The summed E-state index contributed by atoms with van der Waals surface area (Å²) in [6.45, 7) is 0. The summed E-state index contributed by atoms with van der Waals surface area (Å²) < 4.78 is 20.8. The van der Waals surface area contributed by atoms with Crippen LogP contribution in [0.15, 0.2) is 195 Å². The smallest absolute Gasteiger partial charge is 0.269 e. The van der Waals surface area contributed by atoms with Crippen LogP contribution in [0.5, 0.6) is 23.0 Å². The number of hydrogen-bond acceptors (Lipinski definition) is 8. The summed E-state index contributed by atoms with van der Waals surface area (Å²) >= 11 is 0. The highest BCUT2D eigenvalue weighted by atomic mass is 16.5. The molecule has 12 nitrogen and oxygen atoms in total. The van der Waals surface area contributed by atoms with E-state index in [1.54, 1.807) is 49.3 Å². The maximum absolute atomic E-state index is 6.40. The van der Waals surface area contributed by atoms with Crippen LogP contribution in [0.2, 0.25) is 0 Å². The van der Waals surface area contributed by atoms with Crippen molar-refractivity contribution in [1.82, 2.24) is 39.0 Å². The molecule has 0 aliphatic rings. The first kappa shape index (κ1) is 36.7. The molecule has 0 saturated heterocycles. The first-order chi connectivity index (χ1) is 31.7. The number of aromatic nitrogens is 10. The van der Waals surface area contributed by atoms with E-state index in [9.17, 15) is 0 Å². The van der Waals surface area contributed by atoms with E-state index in [1.165, 1.54) is 0 Å². The number of hydrogen-bond donors (Lipinski definition) is 0. The molecule has 12 aromatic rings. The van der Waals surface area contributed by atoms with Gasteiger partial charge in [-0.15, -0.1) is 0 Å². The molecule has 12 rings (SSSR count). The lowest BCUT2D eigenvalue weighted by molar-refractivity contribution is -0.573. The van der Waals surface area contributed by atoms with Gasteiger partial charge in [-0.05, 0) is 59.3 Å². The Bertz CT molecular complexity index is 3480. The third kappa shape index (κ3) is 6.59. The molecule has 0 spiro atoms. The van der Waals surface area contributed by atoms with E-state index < -0.39 is 0 Å². The normalized spacial score (nSPS) is 11.4. The van der Waals surface area contributed by atoms with Gasteiger partial charge >= 0.3 is 0 Å². The van der Waals surface area contributed by atoms with Crippen LogP contribution in [-0.4, -0.2) is 39.0 Å². The first-order valence-electron chi connectivity index (χ1n) is 20.5. The van der Waals surface area contributed by atoms with Gasteiger partial charge in [0.25, 0.3) is 12.7 Å². The summed E-state index contributed by atoms with van der Waals surface area (Å²) in [7, 11) is 0. The van der Waals surface area contributed by atoms with Gasteiger partial charge in [0.2, 0.25) is 0 Å². The lowest BCUT2D eigenvalue weighted by Gasteiger charge is -2.10. The van der Waals surface area contributed by atoms with Crippen molar-refractivity contribution in [2.45, 2.75) is 0 Å². The quantitative estimate of drug-likeness (QED) is 0.104. The van der Waals surface area contributed by atoms with Gasteiger partial charge in [-0.25, -0.2) is 0 Å². The SMILES string of the molecule is [c-]1n(-c2cccc3cccnc23)c2ccccc2[n+]1-c1cncc(Oc2ccnc(-c3cc(Oc4cncc(-[n+]5[c-]n(-c6cccc7cccnc67)c6ccccc65)c4)ccn3)c2)c1. The molecule has 0 N–H and O–H groups in total. The summed E-state index contributed by atoms with van der Waals surface area (Å²) in [5.74, 6) is 2.23. The number of nitrogens with zero attached hydrogens (tertiary/aromatic N) is 10. The Hall–Kier alpha value is -9.16. The fraction of sp³-hybridized carbons (Fsp3) is 0. The summed E-state index contributed by atoms with van der Waals surface area (Å²) in [6, 6.07) is 47.8. The summed E-state index contributed by atoms with van der Waals surface area (Å²) in [4.78, 5) is 27.7. The van der Waals surface area contributed by atoms with Crippen molar-refractivity contribution in [3.63, 3.8) is 0 Å². The van der Waals surface area contributed by atoms with Gasteiger partial charge < -0.3 is 9.47 Å². The van der Waals surface area contributed by atoms with E-state index in [-0.39, 0.29) is 0 Å². The van der Waals surface area contributed by atoms with Gasteiger partial charge in [0.05, 0.1) is 79.6 Å². The van der Waals surface area contributed by atoms with Crippen molar-refractivity contribution in [1.29, 1.82) is 0 Å². The second kappa shape index (κ2) is 15.4. The molecule has 0 bridgehead atoms. The highest BCUT2D eigenvalue weighted by Crippen LogP contribution is 2.31. The Balaban J connectivity index is 0.812. The Morgan fingerprint density at radius 3 is 1.38 bits per heavy atom. The van der Waals surface area contributed by atoms with Crippen molar-refractivity contribution >= 4 is 43.9 Å². The minimum absolute atomic E-state index is 0.545. The molecule has 8 heterocycles. The van der Waals surface area contributed by atoms with Gasteiger partial charge in [0.15, 0.2) is 0 Å². The molecule has 12 heteroatoms. The lowest BCUT2D eigenvalue weighted by atomic mass is 10.2. The molecule has 302 valence electrons. The van der Waals surface area contributed by atoms with Crippen molar-refractivity contribution in [2.24, 2.45) is 0 Å². The summed E-state index contributed by atoms with van der Waals surface area (Å²) in [5, 5.41) is 2.10. The predicted octanol–water partition coefficient (Wildman–Crippen LogP) is 9.66. The van der Waals surface area contributed by atoms with Gasteiger partial charge in [-0.1, -0.05) is 84.9 Å². The molecule has 0 atom stereocenters. The Morgan fingerprint density at radius 2 is 0.875 bits per heavy atom. The number of para-hydroxylation sites is 6. The summed E-state index contributed by atoms with van der Waals surface area (Å²) in [6.07, 6.45) is 21.0. The van der Waals surface area contributed by atoms with Gasteiger partial charge in [-0.3, -0.25) is 48.2 Å². The molecule has 0 aliphatic heterocycles. The van der Waals surface area contributed by atoms with Crippen LogP contribution in [-0.2, 0) is 0 Å². The van der Waals surface area contributed by atoms with Crippen molar-refractivity contribution in [3.8, 4) is 57.1 Å². The topological polar surface area (TPSA) is 113 Å². The van der Waals surface area contributed by atoms with Crippen molar-refractivity contribution < 1.29 is 18.6 Å². The van der Waals surface area contributed by atoms with Crippen molar-refractivity contribution in [3.05, 3.63) is 208 Å². The molecule has 0 fully saturated rings. The number of ether oxygens (including phenoxy) is 2. The fourth-order valence-corrected chi connectivity index (χ4v) is 8.07. The van der Waals surface area contributed by atoms with Crippen LogP contribution in [0, 0.1) is 12.7 Å². The molecule has 0 aliphatic carbocycles. The van der Waals surface area contributed by atoms with E-state index in [2.05, 4.69) is 93.3 Å². The second-order valence-corrected chi connectivity index (χ2v) is 14.9. The predicted molar refractivity (Wildman–Crippen MR) is 241 cm³/mol. The van der Waals surface area contributed by atoms with Crippen LogP contribution < -0.4 is 18.6 Å². The van der Waals surface area contributed by atoms with Crippen LogP contribution in [0.1, 0.15) is 0 Å². The second-order valence-electron chi connectivity index (χ2n) is 14.9. The number of fused-ring (bicyclic) bond motifs is 4. The zero-order valence-corrected chi connectivity index (χ0v) is 33.8. The zero-order chi connectivity index (χ0) is 42.4. The Kier molecular flexibility index (Phi) is 8.82. The number of imidazole rings is 2. The molecule has 64 heavy (non-hydrogen) atoms. The van der Waals surface area contributed by atoms with Crippen LogP contribution >= 0.6 is 0 Å². The average Bonchev–Trinajstić information content (AvgIpc) is 3.94. The fourth-order valence-electron chi connectivity index (χ4n) is 8.07.